The molecule has 5 rings (SSSR count). The zero-order valence-electron chi connectivity index (χ0n) is 24.0. The molecule has 4 atom stereocenters. The summed E-state index contributed by atoms with van der Waals surface area (Å²) in [6.07, 6.45) is -0.795. The van der Waals surface area contributed by atoms with E-state index in [1.807, 2.05) is 55.5 Å². The van der Waals surface area contributed by atoms with Gasteiger partial charge >= 0.3 is 6.03 Å². The maximum absolute atomic E-state index is 12.1. The SMILES string of the molecule is CCNC(=O)Nc1cccc([C@H]2O[C@@H](CN3CCN(Cc4ccccc4)CC3)[C@@H](C)[C@@H](c3ccc(CO)cc3)O2)c1. The van der Waals surface area contributed by atoms with Crippen molar-refractivity contribution in [2.75, 3.05) is 44.6 Å². The summed E-state index contributed by atoms with van der Waals surface area (Å²) in [6, 6.07) is 26.1. The van der Waals surface area contributed by atoms with Crippen molar-refractivity contribution in [3.05, 3.63) is 101 Å². The fourth-order valence-corrected chi connectivity index (χ4v) is 5.65. The van der Waals surface area contributed by atoms with Gasteiger partial charge in [-0.3, -0.25) is 9.80 Å². The molecule has 0 aromatic heterocycles. The lowest BCUT2D eigenvalue weighted by Crippen LogP contribution is -2.51. The highest BCUT2D eigenvalue weighted by atomic mass is 16.7. The molecule has 0 unspecified atom stereocenters. The number of rotatable bonds is 9. The maximum Gasteiger partial charge on any atom is 0.319 e. The molecular formula is C33H42N4O4. The summed E-state index contributed by atoms with van der Waals surface area (Å²) >= 11 is 0. The highest BCUT2D eigenvalue weighted by Gasteiger charge is 2.39. The highest BCUT2D eigenvalue weighted by molar-refractivity contribution is 5.89. The van der Waals surface area contributed by atoms with Crippen molar-refractivity contribution in [3.63, 3.8) is 0 Å². The van der Waals surface area contributed by atoms with Gasteiger partial charge < -0.3 is 25.2 Å². The Morgan fingerprint density at radius 3 is 2.32 bits per heavy atom. The number of aliphatic hydroxyl groups excluding tert-OH is 1. The third-order valence-corrected chi connectivity index (χ3v) is 8.03. The molecule has 3 N–H and O–H groups in total. The first kappa shape index (κ1) is 29.2. The van der Waals surface area contributed by atoms with Gasteiger partial charge in [0, 0.05) is 63.0 Å². The number of hydrogen-bond acceptors (Lipinski definition) is 6. The van der Waals surface area contributed by atoms with Crippen molar-refractivity contribution < 1.29 is 19.4 Å². The van der Waals surface area contributed by atoms with E-state index in [-0.39, 0.29) is 30.8 Å². The largest absolute Gasteiger partial charge is 0.392 e. The van der Waals surface area contributed by atoms with Crippen molar-refractivity contribution in [1.82, 2.24) is 15.1 Å². The molecule has 2 aliphatic heterocycles. The van der Waals surface area contributed by atoms with Gasteiger partial charge in [0.25, 0.3) is 0 Å². The molecule has 0 radical (unpaired) electrons. The van der Waals surface area contributed by atoms with Crippen LogP contribution in [0.2, 0.25) is 0 Å². The van der Waals surface area contributed by atoms with E-state index < -0.39 is 6.29 Å². The molecule has 0 aliphatic carbocycles. The second-order valence-electron chi connectivity index (χ2n) is 11.0. The molecule has 3 aromatic rings. The van der Waals surface area contributed by atoms with Crippen LogP contribution in [-0.4, -0.2) is 66.3 Å². The third kappa shape index (κ3) is 7.72. The Kier molecular flexibility index (Phi) is 10.0. The second kappa shape index (κ2) is 14.1. The van der Waals surface area contributed by atoms with Crippen LogP contribution in [0.25, 0.3) is 0 Å². The van der Waals surface area contributed by atoms with E-state index in [1.54, 1.807) is 0 Å². The standard InChI is InChI=1S/C33H42N4O4/c1-3-34-33(39)35-29-11-7-10-28(20-29)32-40-30(24(2)31(41-32)27-14-12-26(23-38)13-15-27)22-37-18-16-36(17-19-37)21-25-8-5-4-6-9-25/h4-15,20,24,30-32,38H,3,16-19,21-23H2,1-2H3,(H2,34,35,39)/t24-,30+,31+,32+/m1/s1. The Morgan fingerprint density at radius 2 is 1.61 bits per heavy atom. The zero-order valence-corrected chi connectivity index (χ0v) is 24.0. The van der Waals surface area contributed by atoms with Crippen LogP contribution in [0, 0.1) is 5.92 Å². The second-order valence-corrected chi connectivity index (χ2v) is 11.0. The number of aliphatic hydroxyl groups is 1. The molecule has 0 saturated carbocycles. The normalized spacial score (nSPS) is 23.7. The van der Waals surface area contributed by atoms with Crippen LogP contribution in [0.4, 0.5) is 10.5 Å². The Labute approximate surface area is 243 Å². The Balaban J connectivity index is 1.30. The fourth-order valence-electron chi connectivity index (χ4n) is 5.65. The topological polar surface area (TPSA) is 86.3 Å². The van der Waals surface area contributed by atoms with Gasteiger partial charge in [0.1, 0.15) is 0 Å². The minimum atomic E-state index is -0.575. The van der Waals surface area contributed by atoms with Crippen LogP contribution in [0.5, 0.6) is 0 Å². The van der Waals surface area contributed by atoms with E-state index in [2.05, 4.69) is 57.7 Å². The summed E-state index contributed by atoms with van der Waals surface area (Å²) in [5.74, 6) is 0.116. The molecular weight excluding hydrogens is 516 g/mol. The molecule has 41 heavy (non-hydrogen) atoms. The molecule has 8 heteroatoms. The van der Waals surface area contributed by atoms with Crippen molar-refractivity contribution in [2.24, 2.45) is 5.92 Å². The summed E-state index contributed by atoms with van der Waals surface area (Å²) in [6.45, 7) is 10.5. The molecule has 2 amide bonds. The summed E-state index contributed by atoms with van der Waals surface area (Å²) in [7, 11) is 0. The average Bonchev–Trinajstić information content (AvgIpc) is 3.00. The molecule has 2 saturated heterocycles. The van der Waals surface area contributed by atoms with Crippen LogP contribution >= 0.6 is 0 Å². The zero-order chi connectivity index (χ0) is 28.6. The van der Waals surface area contributed by atoms with Gasteiger partial charge in [0.15, 0.2) is 6.29 Å². The average molecular weight is 559 g/mol. The van der Waals surface area contributed by atoms with Gasteiger partial charge in [-0.2, -0.15) is 0 Å². The Morgan fingerprint density at radius 1 is 0.878 bits per heavy atom. The van der Waals surface area contributed by atoms with Gasteiger partial charge in [-0.1, -0.05) is 73.7 Å². The van der Waals surface area contributed by atoms with Crippen LogP contribution < -0.4 is 10.6 Å². The number of amides is 2. The number of benzene rings is 3. The van der Waals surface area contributed by atoms with Gasteiger partial charge in [-0.05, 0) is 35.7 Å². The molecule has 8 nitrogen and oxygen atoms in total. The molecule has 218 valence electrons. The first-order valence-electron chi connectivity index (χ1n) is 14.7. The van der Waals surface area contributed by atoms with Crippen molar-refractivity contribution in [3.8, 4) is 0 Å². The van der Waals surface area contributed by atoms with Crippen molar-refractivity contribution in [1.29, 1.82) is 0 Å². The van der Waals surface area contributed by atoms with Crippen LogP contribution in [0.1, 0.15) is 48.5 Å². The van der Waals surface area contributed by atoms with E-state index in [1.165, 1.54) is 5.56 Å². The summed E-state index contributed by atoms with van der Waals surface area (Å²) in [5, 5.41) is 15.2. The van der Waals surface area contributed by atoms with Crippen LogP contribution in [-0.2, 0) is 22.6 Å². The molecule has 0 bridgehead atoms. The lowest BCUT2D eigenvalue weighted by atomic mass is 9.90. The minimum Gasteiger partial charge on any atom is -0.392 e. The number of urea groups is 1. The van der Waals surface area contributed by atoms with Crippen molar-refractivity contribution >= 4 is 11.7 Å². The lowest BCUT2D eigenvalue weighted by molar-refractivity contribution is -0.276. The molecule has 2 fully saturated rings. The smallest absolute Gasteiger partial charge is 0.319 e. The van der Waals surface area contributed by atoms with E-state index in [4.69, 9.17) is 9.47 Å². The number of piperazine rings is 1. The number of nitrogens with zero attached hydrogens (tertiary/aromatic N) is 2. The summed E-state index contributed by atoms with van der Waals surface area (Å²) < 4.78 is 13.3. The number of nitrogens with one attached hydrogen (secondary N) is 2. The summed E-state index contributed by atoms with van der Waals surface area (Å²) in [4.78, 5) is 17.1. The van der Waals surface area contributed by atoms with E-state index in [9.17, 15) is 9.90 Å². The number of carbonyl (C=O) groups excluding carboxylic acids is 1. The van der Waals surface area contributed by atoms with E-state index in [0.717, 1.165) is 56.0 Å². The minimum absolute atomic E-state index is 0.0113. The van der Waals surface area contributed by atoms with Gasteiger partial charge in [0.05, 0.1) is 18.8 Å². The molecule has 3 aromatic carbocycles. The van der Waals surface area contributed by atoms with E-state index >= 15 is 0 Å². The predicted molar refractivity (Wildman–Crippen MR) is 160 cm³/mol. The molecule has 2 heterocycles. The molecule has 0 spiro atoms. The predicted octanol–water partition coefficient (Wildman–Crippen LogP) is 4.93. The van der Waals surface area contributed by atoms with Crippen molar-refractivity contribution in [2.45, 2.75) is 45.5 Å². The van der Waals surface area contributed by atoms with Gasteiger partial charge in [-0.15, -0.1) is 0 Å². The third-order valence-electron chi connectivity index (χ3n) is 8.03. The number of hydrogen-bond donors (Lipinski definition) is 3. The van der Waals surface area contributed by atoms with Crippen LogP contribution in [0.15, 0.2) is 78.9 Å². The first-order valence-corrected chi connectivity index (χ1v) is 14.7. The Hall–Kier alpha value is -3.27. The quantitative estimate of drug-likeness (QED) is 0.345. The maximum atomic E-state index is 12.1. The van der Waals surface area contributed by atoms with Crippen LogP contribution in [0.3, 0.4) is 0 Å². The highest BCUT2D eigenvalue weighted by Crippen LogP contribution is 2.42. The first-order chi connectivity index (χ1) is 20.0. The lowest BCUT2D eigenvalue weighted by Gasteiger charge is -2.44. The fraction of sp³-hybridized carbons (Fsp3) is 0.424. The number of carbonyl (C=O) groups is 1. The summed E-state index contributed by atoms with van der Waals surface area (Å²) in [5.41, 5.74) is 4.84. The monoisotopic (exact) mass is 558 g/mol. The van der Waals surface area contributed by atoms with Gasteiger partial charge in [0.2, 0.25) is 0 Å². The molecule has 2 aliphatic rings. The Bertz CT molecular complexity index is 1250. The van der Waals surface area contributed by atoms with E-state index in [0.29, 0.717) is 12.2 Å². The number of ether oxygens (including phenoxy) is 2. The van der Waals surface area contributed by atoms with Gasteiger partial charge in [-0.25, -0.2) is 4.79 Å². The number of anilines is 1.